The first-order valence-electron chi connectivity index (χ1n) is 4.73. The summed E-state index contributed by atoms with van der Waals surface area (Å²) in [5, 5.41) is 8.58. The molecule has 1 saturated carbocycles. The number of fused-ring (bicyclic) bond motifs is 1. The van der Waals surface area contributed by atoms with E-state index < -0.39 is 0 Å². The van der Waals surface area contributed by atoms with E-state index in [0.717, 1.165) is 18.3 Å². The van der Waals surface area contributed by atoms with Crippen molar-refractivity contribution in [2.45, 2.75) is 19.3 Å². The molecule has 1 saturated heterocycles. The Morgan fingerprint density at radius 1 is 1.18 bits per heavy atom. The van der Waals surface area contributed by atoms with Crippen LogP contribution in [0.15, 0.2) is 0 Å². The van der Waals surface area contributed by atoms with Crippen LogP contribution in [0, 0.1) is 11.8 Å². The Morgan fingerprint density at radius 2 is 1.91 bits per heavy atom. The fourth-order valence-corrected chi connectivity index (χ4v) is 2.13. The maximum Gasteiger partial charge on any atom is 0.0431 e. The molecule has 64 valence electrons. The molecule has 1 heterocycles. The molecule has 2 atom stereocenters. The van der Waals surface area contributed by atoms with Crippen LogP contribution in [-0.4, -0.2) is 36.2 Å². The first-order valence-corrected chi connectivity index (χ1v) is 4.73. The first kappa shape index (κ1) is 7.56. The van der Waals surface area contributed by atoms with Crippen LogP contribution < -0.4 is 0 Å². The average molecular weight is 155 g/mol. The summed E-state index contributed by atoms with van der Waals surface area (Å²) in [7, 11) is 0. The van der Waals surface area contributed by atoms with E-state index in [9.17, 15) is 0 Å². The van der Waals surface area contributed by atoms with E-state index >= 15 is 0 Å². The third kappa shape index (κ3) is 1.74. The van der Waals surface area contributed by atoms with Crippen molar-refractivity contribution in [3.05, 3.63) is 0 Å². The van der Waals surface area contributed by atoms with E-state index in [1.165, 1.54) is 32.5 Å². The van der Waals surface area contributed by atoms with Crippen LogP contribution in [0.25, 0.3) is 0 Å². The lowest BCUT2D eigenvalue weighted by Crippen LogP contribution is -2.23. The van der Waals surface area contributed by atoms with Gasteiger partial charge in [0.15, 0.2) is 0 Å². The number of rotatable bonds is 4. The smallest absolute Gasteiger partial charge is 0.0431 e. The maximum absolute atomic E-state index is 8.58. The van der Waals surface area contributed by atoms with Gasteiger partial charge in [0.25, 0.3) is 0 Å². The summed E-state index contributed by atoms with van der Waals surface area (Å²) in [5.41, 5.74) is 0. The molecule has 1 N–H and O–H groups in total. The zero-order valence-corrected chi connectivity index (χ0v) is 7.00. The number of hydrogen-bond acceptors (Lipinski definition) is 2. The van der Waals surface area contributed by atoms with Crippen molar-refractivity contribution in [3.63, 3.8) is 0 Å². The van der Waals surface area contributed by atoms with E-state index in [4.69, 9.17) is 5.11 Å². The zero-order chi connectivity index (χ0) is 7.68. The largest absolute Gasteiger partial charge is 0.396 e. The van der Waals surface area contributed by atoms with Gasteiger partial charge in [-0.25, -0.2) is 0 Å². The summed E-state index contributed by atoms with van der Waals surface area (Å²) in [6.45, 7) is 4.26. The Morgan fingerprint density at radius 3 is 2.55 bits per heavy atom. The lowest BCUT2D eigenvalue weighted by Gasteiger charge is -2.16. The molecule has 0 aromatic rings. The minimum Gasteiger partial charge on any atom is -0.396 e. The number of aliphatic hydroxyl groups is 1. The Labute approximate surface area is 68.2 Å². The van der Waals surface area contributed by atoms with Gasteiger partial charge in [-0.15, -0.1) is 0 Å². The molecule has 2 unspecified atom stereocenters. The molecule has 2 heteroatoms. The fourth-order valence-electron chi connectivity index (χ4n) is 2.13. The highest BCUT2D eigenvalue weighted by atomic mass is 16.2. The Kier molecular flexibility index (Phi) is 2.14. The van der Waals surface area contributed by atoms with Gasteiger partial charge in [-0.3, -0.25) is 0 Å². The van der Waals surface area contributed by atoms with Crippen molar-refractivity contribution in [1.29, 1.82) is 0 Å². The van der Waals surface area contributed by atoms with Gasteiger partial charge in [0.1, 0.15) is 0 Å². The van der Waals surface area contributed by atoms with Crippen LogP contribution in [0.1, 0.15) is 19.3 Å². The first-order chi connectivity index (χ1) is 5.40. The number of aliphatic hydroxyl groups excluding tert-OH is 1. The van der Waals surface area contributed by atoms with Crippen LogP contribution in [0.2, 0.25) is 0 Å². The van der Waals surface area contributed by atoms with Crippen molar-refractivity contribution >= 4 is 0 Å². The normalized spacial score (nSPS) is 35.7. The quantitative estimate of drug-likeness (QED) is 0.604. The summed E-state index contributed by atoms with van der Waals surface area (Å²) in [5.74, 6) is 2.12. The molecule has 11 heavy (non-hydrogen) atoms. The van der Waals surface area contributed by atoms with Crippen molar-refractivity contribution in [2.75, 3.05) is 26.2 Å². The summed E-state index contributed by atoms with van der Waals surface area (Å²) >= 11 is 0. The molecular weight excluding hydrogens is 138 g/mol. The molecule has 2 aliphatic rings. The number of piperidine rings is 1. The Balaban J connectivity index is 1.57. The molecule has 0 spiro atoms. The summed E-state index contributed by atoms with van der Waals surface area (Å²) in [6.07, 6.45) is 3.65. The van der Waals surface area contributed by atoms with Gasteiger partial charge in [-0.2, -0.15) is 0 Å². The average Bonchev–Trinajstić information content (AvgIpc) is 2.61. The Hall–Kier alpha value is -0.0800. The van der Waals surface area contributed by atoms with Gasteiger partial charge >= 0.3 is 0 Å². The third-order valence-electron chi connectivity index (χ3n) is 2.94. The van der Waals surface area contributed by atoms with E-state index in [1.54, 1.807) is 0 Å². The summed E-state index contributed by atoms with van der Waals surface area (Å²) in [6, 6.07) is 0. The van der Waals surface area contributed by atoms with Crippen LogP contribution in [0.4, 0.5) is 0 Å². The van der Waals surface area contributed by atoms with Gasteiger partial charge in [0.2, 0.25) is 0 Å². The van der Waals surface area contributed by atoms with Crippen LogP contribution in [-0.2, 0) is 0 Å². The molecule has 1 aliphatic carbocycles. The zero-order valence-electron chi connectivity index (χ0n) is 7.00. The van der Waals surface area contributed by atoms with Gasteiger partial charge in [-0.05, 0) is 37.6 Å². The van der Waals surface area contributed by atoms with Gasteiger partial charge in [-0.1, -0.05) is 0 Å². The van der Waals surface area contributed by atoms with Crippen molar-refractivity contribution < 1.29 is 5.11 Å². The highest BCUT2D eigenvalue weighted by Gasteiger charge is 2.44. The van der Waals surface area contributed by atoms with Gasteiger partial charge in [0, 0.05) is 19.7 Å². The predicted molar refractivity (Wildman–Crippen MR) is 44.4 cm³/mol. The maximum atomic E-state index is 8.58. The molecule has 0 bridgehead atoms. The molecule has 2 rings (SSSR count). The van der Waals surface area contributed by atoms with Gasteiger partial charge in [0.05, 0.1) is 0 Å². The lowest BCUT2D eigenvalue weighted by atomic mass is 10.3. The molecule has 0 amide bonds. The molecule has 1 aliphatic heterocycles. The van der Waals surface area contributed by atoms with E-state index in [-0.39, 0.29) is 0 Å². The summed E-state index contributed by atoms with van der Waals surface area (Å²) < 4.78 is 0. The number of hydrogen-bond donors (Lipinski definition) is 1. The molecule has 0 aromatic carbocycles. The molecule has 2 nitrogen and oxygen atoms in total. The molecule has 0 aromatic heterocycles. The standard InChI is InChI=1S/C9H17NO/c11-4-2-1-3-10-6-8-5-9(8)7-10/h8-9,11H,1-7H2. The topological polar surface area (TPSA) is 23.5 Å². The summed E-state index contributed by atoms with van der Waals surface area (Å²) in [4.78, 5) is 2.55. The third-order valence-corrected chi connectivity index (χ3v) is 2.94. The van der Waals surface area contributed by atoms with Crippen LogP contribution in [0.3, 0.4) is 0 Å². The van der Waals surface area contributed by atoms with Crippen LogP contribution >= 0.6 is 0 Å². The lowest BCUT2D eigenvalue weighted by molar-refractivity contribution is 0.255. The second kappa shape index (κ2) is 3.11. The number of likely N-dealkylation sites (tertiary alicyclic amines) is 1. The van der Waals surface area contributed by atoms with Gasteiger partial charge < -0.3 is 10.0 Å². The minimum atomic E-state index is 0.362. The van der Waals surface area contributed by atoms with Crippen molar-refractivity contribution in [1.82, 2.24) is 4.90 Å². The number of unbranched alkanes of at least 4 members (excludes halogenated alkanes) is 1. The second-order valence-electron chi connectivity index (χ2n) is 3.95. The minimum absolute atomic E-state index is 0.362. The fraction of sp³-hybridized carbons (Fsp3) is 1.00. The van der Waals surface area contributed by atoms with E-state index in [0.29, 0.717) is 6.61 Å². The van der Waals surface area contributed by atoms with E-state index in [1.807, 2.05) is 0 Å². The van der Waals surface area contributed by atoms with Crippen LogP contribution in [0.5, 0.6) is 0 Å². The predicted octanol–water partition coefficient (Wildman–Crippen LogP) is 0.711. The Bertz CT molecular complexity index is 128. The second-order valence-corrected chi connectivity index (χ2v) is 3.95. The molecule has 0 radical (unpaired) electrons. The van der Waals surface area contributed by atoms with Crippen molar-refractivity contribution in [3.8, 4) is 0 Å². The SMILES string of the molecule is OCCCCN1CC2CC2C1. The molecule has 2 fully saturated rings. The highest BCUT2D eigenvalue weighted by molar-refractivity contribution is 4.96. The monoisotopic (exact) mass is 155 g/mol. The molecular formula is C9H17NO. The highest BCUT2D eigenvalue weighted by Crippen LogP contribution is 2.44. The van der Waals surface area contributed by atoms with Crippen molar-refractivity contribution in [2.24, 2.45) is 11.8 Å². The van der Waals surface area contributed by atoms with E-state index in [2.05, 4.69) is 4.90 Å². The number of nitrogens with zero attached hydrogens (tertiary/aromatic N) is 1.